The Balaban J connectivity index is 0.00000392. The van der Waals surface area contributed by atoms with Gasteiger partial charge in [-0.15, -0.1) is 12.4 Å². The first-order valence-electron chi connectivity index (χ1n) is 8.58. The maximum atomic E-state index is 12.4. The summed E-state index contributed by atoms with van der Waals surface area (Å²) in [6.45, 7) is 2.21. The van der Waals surface area contributed by atoms with Crippen molar-refractivity contribution in [1.82, 2.24) is 4.31 Å². The first kappa shape index (κ1) is 23.7. The monoisotopic (exact) mass is 427 g/mol. The van der Waals surface area contributed by atoms with Gasteiger partial charge in [0.1, 0.15) is 5.75 Å². The van der Waals surface area contributed by atoms with Gasteiger partial charge in [0.05, 0.1) is 17.2 Å². The van der Waals surface area contributed by atoms with Crippen molar-refractivity contribution >= 4 is 39.7 Å². The third kappa shape index (κ3) is 5.85. The minimum absolute atomic E-state index is 0. The number of nitrogens with one attached hydrogen (secondary N) is 1. The number of carbonyl (C=O) groups excluding carboxylic acids is 1. The number of nitrogens with zero attached hydrogens (tertiary/aromatic N) is 1. The maximum absolute atomic E-state index is 12.4. The molecule has 3 N–H and O–H groups in total. The second kappa shape index (κ2) is 10.3. The summed E-state index contributed by atoms with van der Waals surface area (Å²) in [5, 5.41) is 2.75. The average Bonchev–Trinajstić information content (AvgIpc) is 2.62. The predicted octanol–water partition coefficient (Wildman–Crippen LogP) is 2.91. The minimum Gasteiger partial charge on any atom is -0.492 e. The molecular formula is C19H26ClN3O4S. The number of benzene rings is 2. The van der Waals surface area contributed by atoms with E-state index in [4.69, 9.17) is 10.5 Å². The lowest BCUT2D eigenvalue weighted by Gasteiger charge is -2.16. The van der Waals surface area contributed by atoms with Gasteiger partial charge in [-0.2, -0.15) is 0 Å². The van der Waals surface area contributed by atoms with Crippen LogP contribution < -0.4 is 15.8 Å². The van der Waals surface area contributed by atoms with Crippen molar-refractivity contribution in [2.24, 2.45) is 0 Å². The number of rotatable bonds is 8. The minimum atomic E-state index is -3.62. The normalized spacial score (nSPS) is 11.0. The van der Waals surface area contributed by atoms with Crippen molar-refractivity contribution in [2.45, 2.75) is 24.7 Å². The fourth-order valence-electron chi connectivity index (χ4n) is 2.48. The number of anilines is 2. The molecule has 0 atom stereocenters. The molecule has 9 heteroatoms. The number of para-hydroxylation sites is 1. The van der Waals surface area contributed by atoms with Gasteiger partial charge in [0.15, 0.2) is 0 Å². The Hall–Kier alpha value is -2.29. The lowest BCUT2D eigenvalue weighted by Crippen LogP contribution is -2.22. The molecular weight excluding hydrogens is 402 g/mol. The molecule has 0 saturated carbocycles. The molecule has 0 spiro atoms. The molecule has 0 unspecified atom stereocenters. The van der Waals surface area contributed by atoms with E-state index in [0.29, 0.717) is 30.2 Å². The molecule has 2 aromatic rings. The summed E-state index contributed by atoms with van der Waals surface area (Å²) in [4.78, 5) is 12.5. The van der Waals surface area contributed by atoms with Crippen LogP contribution in [0, 0.1) is 0 Å². The number of hydrogen-bond donors (Lipinski definition) is 2. The van der Waals surface area contributed by atoms with Crippen LogP contribution in [0.15, 0.2) is 47.4 Å². The Morgan fingerprint density at radius 1 is 1.18 bits per heavy atom. The third-order valence-electron chi connectivity index (χ3n) is 3.98. The van der Waals surface area contributed by atoms with Gasteiger partial charge in [0, 0.05) is 26.2 Å². The van der Waals surface area contributed by atoms with E-state index in [9.17, 15) is 13.2 Å². The third-order valence-corrected chi connectivity index (χ3v) is 5.79. The average molecular weight is 428 g/mol. The zero-order valence-corrected chi connectivity index (χ0v) is 17.8. The zero-order valence-electron chi connectivity index (χ0n) is 16.1. The smallest absolute Gasteiger partial charge is 0.242 e. The molecule has 0 radical (unpaired) electrons. The Bertz CT molecular complexity index is 917. The second-order valence-corrected chi connectivity index (χ2v) is 8.28. The zero-order chi connectivity index (χ0) is 20.0. The summed E-state index contributed by atoms with van der Waals surface area (Å²) < 4.78 is 31.3. The Labute approximate surface area is 172 Å². The summed E-state index contributed by atoms with van der Waals surface area (Å²) in [6.07, 6.45) is 0.697. The van der Waals surface area contributed by atoms with Gasteiger partial charge in [0.25, 0.3) is 0 Å². The van der Waals surface area contributed by atoms with Gasteiger partial charge in [-0.1, -0.05) is 18.2 Å². The number of nitrogens with two attached hydrogens (primary N) is 1. The van der Waals surface area contributed by atoms with Crippen LogP contribution in [-0.4, -0.2) is 39.3 Å². The molecule has 0 aromatic heterocycles. The van der Waals surface area contributed by atoms with E-state index >= 15 is 0 Å². The summed E-state index contributed by atoms with van der Waals surface area (Å²) in [7, 11) is -0.712. The maximum Gasteiger partial charge on any atom is 0.242 e. The molecule has 28 heavy (non-hydrogen) atoms. The van der Waals surface area contributed by atoms with E-state index in [1.807, 2.05) is 25.1 Å². The molecule has 0 saturated heterocycles. The van der Waals surface area contributed by atoms with Crippen molar-refractivity contribution in [2.75, 3.05) is 31.8 Å². The van der Waals surface area contributed by atoms with Crippen LogP contribution in [0.3, 0.4) is 0 Å². The highest BCUT2D eigenvalue weighted by Crippen LogP contribution is 2.29. The van der Waals surface area contributed by atoms with Crippen LogP contribution in [0.25, 0.3) is 0 Å². The number of aryl methyl sites for hydroxylation is 1. The van der Waals surface area contributed by atoms with Crippen molar-refractivity contribution in [3.05, 3.63) is 48.0 Å². The van der Waals surface area contributed by atoms with Crippen LogP contribution in [0.1, 0.15) is 18.9 Å². The second-order valence-electron chi connectivity index (χ2n) is 6.13. The van der Waals surface area contributed by atoms with Crippen molar-refractivity contribution in [1.29, 1.82) is 0 Å². The Morgan fingerprint density at radius 2 is 1.86 bits per heavy atom. The molecule has 2 rings (SSSR count). The molecule has 154 valence electrons. The molecule has 7 nitrogen and oxygen atoms in total. The van der Waals surface area contributed by atoms with Crippen LogP contribution in [-0.2, 0) is 21.2 Å². The lowest BCUT2D eigenvalue weighted by molar-refractivity contribution is -0.116. The van der Waals surface area contributed by atoms with Gasteiger partial charge in [-0.05, 0) is 43.2 Å². The molecule has 0 fully saturated rings. The number of sulfonamides is 1. The van der Waals surface area contributed by atoms with E-state index < -0.39 is 10.0 Å². The Kier molecular flexibility index (Phi) is 8.74. The number of halogens is 1. The van der Waals surface area contributed by atoms with E-state index in [1.165, 1.54) is 26.2 Å². The van der Waals surface area contributed by atoms with E-state index in [1.54, 1.807) is 12.1 Å². The molecule has 2 aromatic carbocycles. The molecule has 0 aliphatic rings. The highest BCUT2D eigenvalue weighted by molar-refractivity contribution is 7.89. The van der Waals surface area contributed by atoms with E-state index in [2.05, 4.69) is 5.32 Å². The van der Waals surface area contributed by atoms with Crippen molar-refractivity contribution < 1.29 is 17.9 Å². The number of nitrogen functional groups attached to an aromatic ring is 1. The first-order chi connectivity index (χ1) is 12.8. The summed E-state index contributed by atoms with van der Waals surface area (Å²) >= 11 is 0. The summed E-state index contributed by atoms with van der Waals surface area (Å²) in [5.74, 6) is 0.168. The fourth-order valence-corrected chi connectivity index (χ4v) is 3.41. The van der Waals surface area contributed by atoms with E-state index in [0.717, 1.165) is 9.87 Å². The van der Waals surface area contributed by atoms with Crippen molar-refractivity contribution in [3.8, 4) is 5.75 Å². The molecule has 1 amide bonds. The van der Waals surface area contributed by atoms with E-state index in [-0.39, 0.29) is 29.6 Å². The van der Waals surface area contributed by atoms with Crippen LogP contribution in [0.2, 0.25) is 0 Å². The number of carbonyl (C=O) groups is 1. The quantitative estimate of drug-likeness (QED) is 0.630. The van der Waals surface area contributed by atoms with Gasteiger partial charge in [-0.25, -0.2) is 12.7 Å². The van der Waals surface area contributed by atoms with Gasteiger partial charge < -0.3 is 15.8 Å². The van der Waals surface area contributed by atoms with Crippen LogP contribution in [0.4, 0.5) is 11.4 Å². The van der Waals surface area contributed by atoms with Crippen LogP contribution in [0.5, 0.6) is 5.75 Å². The highest BCUT2D eigenvalue weighted by atomic mass is 35.5. The van der Waals surface area contributed by atoms with Crippen molar-refractivity contribution in [3.63, 3.8) is 0 Å². The summed E-state index contributed by atoms with van der Waals surface area (Å²) in [6, 6.07) is 11.8. The summed E-state index contributed by atoms with van der Waals surface area (Å²) in [5.41, 5.74) is 7.75. The number of hydrogen-bond acceptors (Lipinski definition) is 5. The largest absolute Gasteiger partial charge is 0.492 e. The number of ether oxygens (including phenoxy) is 1. The molecule has 0 bridgehead atoms. The lowest BCUT2D eigenvalue weighted by atomic mass is 10.1. The van der Waals surface area contributed by atoms with Gasteiger partial charge >= 0.3 is 0 Å². The molecule has 0 aliphatic heterocycles. The van der Waals surface area contributed by atoms with Crippen LogP contribution >= 0.6 is 12.4 Å². The van der Waals surface area contributed by atoms with Gasteiger partial charge in [0.2, 0.25) is 15.9 Å². The molecule has 0 heterocycles. The predicted molar refractivity (Wildman–Crippen MR) is 114 cm³/mol. The standard InChI is InChI=1S/C19H25N3O4S.ClH/c1-4-26-18-11-10-15(27(24,25)22(2)3)13-17(18)21-19(23)12-9-14-7-5-6-8-16(14)20;/h5-8,10-11,13H,4,9,12,20H2,1-3H3,(H,21,23);1H. The topological polar surface area (TPSA) is 102 Å². The molecule has 0 aliphatic carbocycles. The highest BCUT2D eigenvalue weighted by Gasteiger charge is 2.20. The first-order valence-corrected chi connectivity index (χ1v) is 10.0. The SMILES string of the molecule is CCOc1ccc(S(=O)(=O)N(C)C)cc1NC(=O)CCc1ccccc1N.Cl. The van der Waals surface area contributed by atoms with Gasteiger partial charge in [-0.3, -0.25) is 4.79 Å². The number of amides is 1. The fraction of sp³-hybridized carbons (Fsp3) is 0.316. The Morgan fingerprint density at radius 3 is 2.46 bits per heavy atom.